The van der Waals surface area contributed by atoms with Crippen molar-refractivity contribution >= 4 is 11.9 Å². The topological polar surface area (TPSA) is 57.6 Å². The lowest BCUT2D eigenvalue weighted by Gasteiger charge is -2.40. The number of hydrogen-bond acceptors (Lipinski definition) is 2. The van der Waals surface area contributed by atoms with Gasteiger partial charge in [-0.05, 0) is 51.4 Å². The molecule has 2 rings (SSSR count). The molecule has 0 spiro atoms. The number of likely N-dealkylation sites (tertiary alicyclic amines) is 1. The predicted octanol–water partition coefficient (Wildman–Crippen LogP) is 2.92. The molecule has 4 nitrogen and oxygen atoms in total. The van der Waals surface area contributed by atoms with Gasteiger partial charge in [0.25, 0.3) is 0 Å². The van der Waals surface area contributed by atoms with Gasteiger partial charge in [0.05, 0.1) is 5.41 Å². The van der Waals surface area contributed by atoms with Crippen LogP contribution in [0.4, 0.5) is 0 Å². The number of carboxylic acid groups (broad SMARTS) is 1. The summed E-state index contributed by atoms with van der Waals surface area (Å²) in [4.78, 5) is 25.8. The first-order valence-corrected chi connectivity index (χ1v) is 7.98. The first-order valence-electron chi connectivity index (χ1n) is 7.98. The summed E-state index contributed by atoms with van der Waals surface area (Å²) in [6.07, 6.45) is 6.96. The van der Waals surface area contributed by atoms with Gasteiger partial charge in [-0.1, -0.05) is 13.3 Å². The van der Waals surface area contributed by atoms with E-state index in [1.165, 1.54) is 6.42 Å². The molecule has 1 aliphatic heterocycles. The largest absolute Gasteiger partial charge is 0.481 e. The first kappa shape index (κ1) is 15.3. The number of carboxylic acids is 1. The van der Waals surface area contributed by atoms with E-state index in [-0.39, 0.29) is 11.8 Å². The maximum atomic E-state index is 12.6. The van der Waals surface area contributed by atoms with Gasteiger partial charge in [-0.25, -0.2) is 0 Å². The molecule has 0 radical (unpaired) electrons. The van der Waals surface area contributed by atoms with Crippen molar-refractivity contribution in [3.8, 4) is 0 Å². The number of carbonyl (C=O) groups excluding carboxylic acids is 1. The minimum absolute atomic E-state index is 0.133. The van der Waals surface area contributed by atoms with Gasteiger partial charge < -0.3 is 10.0 Å². The van der Waals surface area contributed by atoms with Crippen molar-refractivity contribution in [2.24, 2.45) is 17.3 Å². The van der Waals surface area contributed by atoms with Crippen molar-refractivity contribution in [3.63, 3.8) is 0 Å². The maximum absolute atomic E-state index is 12.6. The van der Waals surface area contributed by atoms with Gasteiger partial charge in [-0.15, -0.1) is 0 Å². The Hall–Kier alpha value is -1.06. The van der Waals surface area contributed by atoms with Crippen LogP contribution in [0.5, 0.6) is 0 Å². The number of piperidine rings is 1. The highest BCUT2D eigenvalue weighted by molar-refractivity contribution is 5.81. The predicted molar refractivity (Wildman–Crippen MR) is 77.3 cm³/mol. The summed E-state index contributed by atoms with van der Waals surface area (Å²) in [5, 5.41) is 9.34. The molecule has 4 heteroatoms. The van der Waals surface area contributed by atoms with Crippen molar-refractivity contribution < 1.29 is 14.7 Å². The molecule has 1 heterocycles. The Labute approximate surface area is 121 Å². The fourth-order valence-corrected chi connectivity index (χ4v) is 3.68. The molecule has 0 bridgehead atoms. The average Bonchev–Trinajstić information content (AvgIpc) is 2.46. The normalized spacial score (nSPS) is 34.8. The molecule has 1 saturated carbocycles. The van der Waals surface area contributed by atoms with Gasteiger partial charge in [0.1, 0.15) is 0 Å². The Morgan fingerprint density at radius 3 is 2.45 bits per heavy atom. The highest BCUT2D eigenvalue weighted by atomic mass is 16.4. The van der Waals surface area contributed by atoms with E-state index in [0.717, 1.165) is 44.6 Å². The molecule has 20 heavy (non-hydrogen) atoms. The summed E-state index contributed by atoms with van der Waals surface area (Å²) in [6, 6.07) is 0. The van der Waals surface area contributed by atoms with E-state index in [9.17, 15) is 14.7 Å². The summed E-state index contributed by atoms with van der Waals surface area (Å²) >= 11 is 0. The number of hydrogen-bond donors (Lipinski definition) is 1. The third-order valence-electron chi connectivity index (χ3n) is 5.30. The molecular weight excluding hydrogens is 254 g/mol. The van der Waals surface area contributed by atoms with E-state index in [0.29, 0.717) is 13.0 Å². The van der Waals surface area contributed by atoms with E-state index >= 15 is 0 Å². The molecule has 2 aliphatic rings. The quantitative estimate of drug-likeness (QED) is 0.865. The Bertz CT molecular complexity index is 374. The van der Waals surface area contributed by atoms with Crippen LogP contribution < -0.4 is 0 Å². The van der Waals surface area contributed by atoms with Crippen molar-refractivity contribution in [2.45, 2.75) is 58.8 Å². The Morgan fingerprint density at radius 2 is 1.90 bits per heavy atom. The van der Waals surface area contributed by atoms with Gasteiger partial charge in [-0.2, -0.15) is 0 Å². The molecular formula is C16H27NO3. The van der Waals surface area contributed by atoms with E-state index in [1.807, 2.05) is 4.90 Å². The molecule has 0 aromatic rings. The molecule has 1 amide bonds. The van der Waals surface area contributed by atoms with Crippen LogP contribution in [0.2, 0.25) is 0 Å². The molecule has 2 fully saturated rings. The highest BCUT2D eigenvalue weighted by Crippen LogP contribution is 2.35. The zero-order chi connectivity index (χ0) is 14.8. The van der Waals surface area contributed by atoms with E-state index in [2.05, 4.69) is 6.92 Å². The lowest BCUT2D eigenvalue weighted by atomic mass is 9.78. The summed E-state index contributed by atoms with van der Waals surface area (Å²) in [5.74, 6) is 0.343. The van der Waals surface area contributed by atoms with Gasteiger partial charge in [0.15, 0.2) is 0 Å². The minimum Gasteiger partial charge on any atom is -0.481 e. The Morgan fingerprint density at radius 1 is 1.25 bits per heavy atom. The van der Waals surface area contributed by atoms with Crippen LogP contribution in [0.1, 0.15) is 58.8 Å². The standard InChI is InChI=1S/C16H27NO3/c1-3-12-5-7-13(8-6-12)14(18)17-10-4-9-16(2,11-17)15(19)20/h12-13H,3-11H2,1-2H3,(H,19,20). The second-order valence-corrected chi connectivity index (χ2v) is 6.86. The van der Waals surface area contributed by atoms with Crippen LogP contribution in [0.25, 0.3) is 0 Å². The number of amides is 1. The maximum Gasteiger partial charge on any atom is 0.311 e. The second kappa shape index (κ2) is 6.15. The number of rotatable bonds is 3. The van der Waals surface area contributed by atoms with Gasteiger partial charge in [-0.3, -0.25) is 9.59 Å². The number of nitrogens with zero attached hydrogens (tertiary/aromatic N) is 1. The molecule has 1 atom stereocenters. The monoisotopic (exact) mass is 281 g/mol. The van der Waals surface area contributed by atoms with Crippen molar-refractivity contribution in [1.29, 1.82) is 0 Å². The third kappa shape index (κ3) is 3.15. The molecule has 1 N–H and O–H groups in total. The van der Waals surface area contributed by atoms with Crippen LogP contribution in [0.3, 0.4) is 0 Å². The van der Waals surface area contributed by atoms with Crippen LogP contribution in [-0.2, 0) is 9.59 Å². The Balaban J connectivity index is 1.94. The average molecular weight is 281 g/mol. The van der Waals surface area contributed by atoms with Crippen molar-refractivity contribution in [3.05, 3.63) is 0 Å². The SMILES string of the molecule is CCC1CCC(C(=O)N2CCCC(C)(C(=O)O)C2)CC1. The fraction of sp³-hybridized carbons (Fsp3) is 0.875. The zero-order valence-electron chi connectivity index (χ0n) is 12.7. The Kier molecular flexibility index (Phi) is 4.71. The third-order valence-corrected chi connectivity index (χ3v) is 5.30. The summed E-state index contributed by atoms with van der Waals surface area (Å²) in [6.45, 7) is 5.10. The number of aliphatic carboxylic acids is 1. The van der Waals surface area contributed by atoms with Crippen LogP contribution >= 0.6 is 0 Å². The van der Waals surface area contributed by atoms with Gasteiger partial charge in [0.2, 0.25) is 5.91 Å². The van der Waals surface area contributed by atoms with Crippen LogP contribution in [0, 0.1) is 17.3 Å². The fourth-order valence-electron chi connectivity index (χ4n) is 3.68. The van der Waals surface area contributed by atoms with Crippen LogP contribution in [0.15, 0.2) is 0 Å². The van der Waals surface area contributed by atoms with Crippen LogP contribution in [-0.4, -0.2) is 35.0 Å². The minimum atomic E-state index is -0.773. The van der Waals surface area contributed by atoms with E-state index in [1.54, 1.807) is 6.92 Å². The first-order chi connectivity index (χ1) is 9.46. The smallest absolute Gasteiger partial charge is 0.311 e. The summed E-state index contributed by atoms with van der Waals surface area (Å²) in [7, 11) is 0. The molecule has 1 aliphatic carbocycles. The van der Waals surface area contributed by atoms with Crippen molar-refractivity contribution in [2.75, 3.05) is 13.1 Å². The van der Waals surface area contributed by atoms with Crippen molar-refractivity contribution in [1.82, 2.24) is 4.90 Å². The van der Waals surface area contributed by atoms with Gasteiger partial charge in [0, 0.05) is 19.0 Å². The summed E-state index contributed by atoms with van der Waals surface area (Å²) < 4.78 is 0. The highest BCUT2D eigenvalue weighted by Gasteiger charge is 2.40. The molecule has 1 saturated heterocycles. The lowest BCUT2D eigenvalue weighted by Crippen LogP contribution is -2.50. The zero-order valence-corrected chi connectivity index (χ0v) is 12.7. The van der Waals surface area contributed by atoms with E-state index in [4.69, 9.17) is 0 Å². The second-order valence-electron chi connectivity index (χ2n) is 6.86. The molecule has 114 valence electrons. The molecule has 0 aromatic heterocycles. The van der Waals surface area contributed by atoms with Gasteiger partial charge >= 0.3 is 5.97 Å². The molecule has 0 aromatic carbocycles. The number of carbonyl (C=O) groups is 2. The summed E-state index contributed by atoms with van der Waals surface area (Å²) in [5.41, 5.74) is -0.755. The molecule has 1 unspecified atom stereocenters. The van der Waals surface area contributed by atoms with E-state index < -0.39 is 11.4 Å². The lowest BCUT2D eigenvalue weighted by molar-refractivity contribution is -0.154.